The predicted molar refractivity (Wildman–Crippen MR) is 148 cm³/mol. The molecule has 9 heteroatoms. The minimum absolute atomic E-state index is 0.0943. The van der Waals surface area contributed by atoms with Crippen LogP contribution in [0.5, 0.6) is 11.5 Å². The molecule has 0 atom stereocenters. The molecule has 0 saturated carbocycles. The molecule has 1 heterocycles. The van der Waals surface area contributed by atoms with Gasteiger partial charge in [-0.3, -0.25) is 9.59 Å². The van der Waals surface area contributed by atoms with Crippen molar-refractivity contribution in [1.29, 1.82) is 0 Å². The molecule has 0 saturated heterocycles. The molecule has 4 rings (SSSR count). The number of ether oxygens (including phenoxy) is 2. The van der Waals surface area contributed by atoms with E-state index in [0.29, 0.717) is 35.2 Å². The first-order valence-electron chi connectivity index (χ1n) is 12.5. The highest BCUT2D eigenvalue weighted by molar-refractivity contribution is 6.02. The third kappa shape index (κ3) is 6.43. The lowest BCUT2D eigenvalue weighted by Crippen LogP contribution is -2.40. The highest BCUT2D eigenvalue weighted by Crippen LogP contribution is 2.30. The van der Waals surface area contributed by atoms with Crippen LogP contribution in [0.1, 0.15) is 24.2 Å². The lowest BCUT2D eigenvalue weighted by atomic mass is 10.1. The Morgan fingerprint density at radius 3 is 2.18 bits per heavy atom. The molecule has 0 aliphatic carbocycles. The van der Waals surface area contributed by atoms with Gasteiger partial charge in [-0.1, -0.05) is 50.2 Å². The molecule has 8 nitrogen and oxygen atoms in total. The van der Waals surface area contributed by atoms with Crippen LogP contribution >= 0.6 is 0 Å². The van der Waals surface area contributed by atoms with Crippen LogP contribution in [0.15, 0.2) is 78.9 Å². The van der Waals surface area contributed by atoms with Gasteiger partial charge in [0, 0.05) is 18.2 Å². The van der Waals surface area contributed by atoms with Crippen LogP contribution in [0.4, 0.5) is 10.2 Å². The number of aromatic nitrogens is 2. The second kappa shape index (κ2) is 12.3. The first-order valence-corrected chi connectivity index (χ1v) is 12.5. The maximum Gasteiger partial charge on any atom is 0.261 e. The summed E-state index contributed by atoms with van der Waals surface area (Å²) in [7, 11) is 2.96. The van der Waals surface area contributed by atoms with Gasteiger partial charge in [0.05, 0.1) is 25.6 Å². The van der Waals surface area contributed by atoms with Crippen LogP contribution in [0.2, 0.25) is 0 Å². The highest BCUT2D eigenvalue weighted by atomic mass is 19.1. The Morgan fingerprint density at radius 2 is 1.59 bits per heavy atom. The van der Waals surface area contributed by atoms with E-state index in [9.17, 15) is 14.0 Å². The van der Waals surface area contributed by atoms with Crippen molar-refractivity contribution in [2.24, 2.45) is 5.92 Å². The van der Waals surface area contributed by atoms with Gasteiger partial charge in [0.15, 0.2) is 0 Å². The Morgan fingerprint density at radius 1 is 0.949 bits per heavy atom. The summed E-state index contributed by atoms with van der Waals surface area (Å²) in [4.78, 5) is 28.5. The number of carbonyl (C=O) groups excluding carboxylic acids is 2. The molecule has 4 aromatic rings. The number of nitrogens with one attached hydrogen (secondary N) is 1. The molecule has 0 fully saturated rings. The Kier molecular flexibility index (Phi) is 8.60. The summed E-state index contributed by atoms with van der Waals surface area (Å²) < 4.78 is 26.0. The molecule has 202 valence electrons. The van der Waals surface area contributed by atoms with E-state index in [-0.39, 0.29) is 29.8 Å². The summed E-state index contributed by atoms with van der Waals surface area (Å²) in [6, 6.07) is 22.2. The summed E-state index contributed by atoms with van der Waals surface area (Å²) in [5.74, 6) is 0.0141. The molecule has 1 N–H and O–H groups in total. The lowest BCUT2D eigenvalue weighted by molar-refractivity contribution is -0.117. The van der Waals surface area contributed by atoms with Gasteiger partial charge in [0.25, 0.3) is 5.91 Å². The molecule has 39 heavy (non-hydrogen) atoms. The number of amides is 2. The standard InChI is InChI=1S/C30H31FN4O4/c1-20(2)18-34(30(37)29-25(38-3)11-8-12-26(29)39-4)19-28(36)32-27-17-24(21-9-6-5-7-10-21)33-35(27)23-15-13-22(31)14-16-23/h5-17,20H,18-19H2,1-4H3,(H,32,36). The Hall–Kier alpha value is -4.66. The van der Waals surface area contributed by atoms with Crippen LogP contribution < -0.4 is 14.8 Å². The second-order valence-corrected chi connectivity index (χ2v) is 9.33. The fraction of sp³-hybridized carbons (Fsp3) is 0.233. The molecular weight excluding hydrogens is 499 g/mol. The average Bonchev–Trinajstić information content (AvgIpc) is 3.35. The number of methoxy groups -OCH3 is 2. The zero-order valence-corrected chi connectivity index (χ0v) is 22.3. The van der Waals surface area contributed by atoms with Crippen molar-refractivity contribution in [2.45, 2.75) is 13.8 Å². The van der Waals surface area contributed by atoms with Gasteiger partial charge in [0.1, 0.15) is 35.2 Å². The summed E-state index contributed by atoms with van der Waals surface area (Å²) in [6.45, 7) is 4.05. The number of carbonyl (C=O) groups is 2. The molecular formula is C30H31FN4O4. The van der Waals surface area contributed by atoms with Crippen molar-refractivity contribution in [3.63, 3.8) is 0 Å². The van der Waals surface area contributed by atoms with Crippen molar-refractivity contribution in [3.05, 3.63) is 90.2 Å². The first-order chi connectivity index (χ1) is 18.8. The van der Waals surface area contributed by atoms with Gasteiger partial charge in [-0.15, -0.1) is 0 Å². The van der Waals surface area contributed by atoms with E-state index < -0.39 is 5.91 Å². The van der Waals surface area contributed by atoms with E-state index in [1.54, 1.807) is 36.4 Å². The smallest absolute Gasteiger partial charge is 0.261 e. The van der Waals surface area contributed by atoms with Crippen molar-refractivity contribution in [2.75, 3.05) is 32.6 Å². The van der Waals surface area contributed by atoms with Gasteiger partial charge in [-0.05, 0) is 42.3 Å². The number of anilines is 1. The third-order valence-corrected chi connectivity index (χ3v) is 5.97. The van der Waals surface area contributed by atoms with Gasteiger partial charge < -0.3 is 19.7 Å². The quantitative estimate of drug-likeness (QED) is 0.295. The summed E-state index contributed by atoms with van der Waals surface area (Å²) >= 11 is 0. The van der Waals surface area contributed by atoms with Crippen LogP contribution in [0.3, 0.4) is 0 Å². The van der Waals surface area contributed by atoms with Gasteiger partial charge in [-0.2, -0.15) is 5.10 Å². The van der Waals surface area contributed by atoms with Gasteiger partial charge in [0.2, 0.25) is 5.91 Å². The maximum absolute atomic E-state index is 13.7. The molecule has 0 bridgehead atoms. The van der Waals surface area contributed by atoms with Crippen LogP contribution in [-0.2, 0) is 4.79 Å². The van der Waals surface area contributed by atoms with Crippen LogP contribution in [0.25, 0.3) is 16.9 Å². The largest absolute Gasteiger partial charge is 0.496 e. The fourth-order valence-corrected chi connectivity index (χ4v) is 4.24. The zero-order valence-electron chi connectivity index (χ0n) is 22.3. The van der Waals surface area contributed by atoms with E-state index in [0.717, 1.165) is 5.56 Å². The maximum atomic E-state index is 13.7. The molecule has 0 aliphatic heterocycles. The Bertz CT molecular complexity index is 1410. The summed E-state index contributed by atoms with van der Waals surface area (Å²) in [5.41, 5.74) is 2.30. The monoisotopic (exact) mass is 530 g/mol. The zero-order chi connectivity index (χ0) is 27.9. The predicted octanol–water partition coefficient (Wildman–Crippen LogP) is 5.43. The van der Waals surface area contributed by atoms with Gasteiger partial charge in [-0.25, -0.2) is 9.07 Å². The van der Waals surface area contributed by atoms with Crippen molar-refractivity contribution >= 4 is 17.6 Å². The van der Waals surface area contributed by atoms with E-state index in [1.807, 2.05) is 44.2 Å². The van der Waals surface area contributed by atoms with Crippen LogP contribution in [0, 0.1) is 11.7 Å². The minimum atomic E-state index is -0.416. The normalized spacial score (nSPS) is 10.8. The first kappa shape index (κ1) is 27.4. The van der Waals surface area contributed by atoms with E-state index >= 15 is 0 Å². The minimum Gasteiger partial charge on any atom is -0.496 e. The second-order valence-electron chi connectivity index (χ2n) is 9.33. The van der Waals surface area contributed by atoms with Crippen molar-refractivity contribution in [1.82, 2.24) is 14.7 Å². The number of hydrogen-bond acceptors (Lipinski definition) is 5. The molecule has 0 spiro atoms. The SMILES string of the molecule is COc1cccc(OC)c1C(=O)N(CC(=O)Nc1cc(-c2ccccc2)nn1-c1ccc(F)cc1)CC(C)C. The topological polar surface area (TPSA) is 85.7 Å². The number of nitrogens with zero attached hydrogens (tertiary/aromatic N) is 3. The van der Waals surface area contributed by atoms with Crippen molar-refractivity contribution < 1.29 is 23.5 Å². The molecule has 3 aromatic carbocycles. The van der Waals surface area contributed by atoms with E-state index in [2.05, 4.69) is 10.4 Å². The lowest BCUT2D eigenvalue weighted by Gasteiger charge is -2.25. The molecule has 1 aromatic heterocycles. The Labute approximate surface area is 227 Å². The number of hydrogen-bond donors (Lipinski definition) is 1. The van der Waals surface area contributed by atoms with Crippen LogP contribution in [-0.4, -0.2) is 53.8 Å². The molecule has 2 amide bonds. The number of rotatable bonds is 10. The van der Waals surface area contributed by atoms with Crippen molar-refractivity contribution in [3.8, 4) is 28.4 Å². The summed E-state index contributed by atoms with van der Waals surface area (Å²) in [6.07, 6.45) is 0. The summed E-state index contributed by atoms with van der Waals surface area (Å²) in [5, 5.41) is 7.55. The highest BCUT2D eigenvalue weighted by Gasteiger charge is 2.26. The van der Waals surface area contributed by atoms with Gasteiger partial charge >= 0.3 is 0 Å². The Balaban J connectivity index is 1.65. The van der Waals surface area contributed by atoms with E-state index in [4.69, 9.17) is 9.47 Å². The average molecular weight is 531 g/mol. The molecule has 0 aliphatic rings. The molecule has 0 radical (unpaired) electrons. The number of halogens is 1. The van der Waals surface area contributed by atoms with E-state index in [1.165, 1.54) is 35.9 Å². The number of benzene rings is 3. The fourth-order valence-electron chi connectivity index (χ4n) is 4.24. The third-order valence-electron chi connectivity index (χ3n) is 5.97. The molecule has 0 unspecified atom stereocenters.